The molecule has 3 aromatic heterocycles. The van der Waals surface area contributed by atoms with Crippen molar-refractivity contribution in [3.8, 4) is 0 Å². The number of carbonyl (C=O) groups is 1. The third-order valence-electron chi connectivity index (χ3n) is 4.86. The van der Waals surface area contributed by atoms with E-state index in [-0.39, 0.29) is 12.0 Å². The lowest BCUT2D eigenvalue weighted by Gasteiger charge is -2.25. The largest absolute Gasteiger partial charge is 0.462 e. The Labute approximate surface area is 161 Å². The smallest absolute Gasteiger partial charge is 0.348 e. The van der Waals surface area contributed by atoms with Gasteiger partial charge < -0.3 is 14.2 Å². The molecule has 0 saturated carbocycles. The fourth-order valence-corrected chi connectivity index (χ4v) is 4.81. The van der Waals surface area contributed by atoms with Crippen LogP contribution in [0.2, 0.25) is 0 Å². The molecule has 0 spiro atoms. The normalized spacial score (nSPS) is 17.0. The molecule has 142 valence electrons. The first-order valence-corrected chi connectivity index (χ1v) is 9.96. The van der Waals surface area contributed by atoms with Gasteiger partial charge in [0, 0.05) is 12.6 Å². The second-order valence-electron chi connectivity index (χ2n) is 6.77. The zero-order chi connectivity index (χ0) is 19.1. The third kappa shape index (κ3) is 3.07. The van der Waals surface area contributed by atoms with Crippen molar-refractivity contribution in [2.45, 2.75) is 46.6 Å². The molecule has 27 heavy (non-hydrogen) atoms. The number of hydrogen-bond donors (Lipinski definition) is 0. The molecule has 8 heteroatoms. The summed E-state index contributed by atoms with van der Waals surface area (Å²) < 4.78 is 10.5. The van der Waals surface area contributed by atoms with E-state index in [2.05, 4.69) is 15.0 Å². The number of nitrogens with zero attached hydrogens (tertiary/aromatic N) is 4. The van der Waals surface area contributed by atoms with E-state index in [0.29, 0.717) is 17.3 Å². The van der Waals surface area contributed by atoms with Gasteiger partial charge in [-0.3, -0.25) is 0 Å². The Morgan fingerprint density at radius 1 is 1.37 bits per heavy atom. The first kappa shape index (κ1) is 17.9. The van der Waals surface area contributed by atoms with Crippen LogP contribution in [-0.4, -0.2) is 34.2 Å². The molecule has 1 aliphatic heterocycles. The highest BCUT2D eigenvalue weighted by Gasteiger charge is 2.32. The molecule has 0 amide bonds. The van der Waals surface area contributed by atoms with Gasteiger partial charge in [-0.25, -0.2) is 14.8 Å². The van der Waals surface area contributed by atoms with E-state index in [1.807, 2.05) is 33.8 Å². The van der Waals surface area contributed by atoms with Gasteiger partial charge in [0.25, 0.3) is 0 Å². The molecule has 0 unspecified atom stereocenters. The zero-order valence-corrected chi connectivity index (χ0v) is 16.7. The van der Waals surface area contributed by atoms with E-state index in [1.165, 1.54) is 11.3 Å². The first-order valence-electron chi connectivity index (χ1n) is 9.14. The van der Waals surface area contributed by atoms with Crippen LogP contribution in [0.1, 0.15) is 58.3 Å². The third-order valence-corrected chi connectivity index (χ3v) is 6.02. The molecular formula is C19H22N4O3S. The van der Waals surface area contributed by atoms with Crippen LogP contribution in [0.5, 0.6) is 0 Å². The summed E-state index contributed by atoms with van der Waals surface area (Å²) in [6, 6.07) is 2.10. The van der Waals surface area contributed by atoms with Crippen LogP contribution in [-0.2, 0) is 4.74 Å². The predicted octanol–water partition coefficient (Wildman–Crippen LogP) is 4.12. The van der Waals surface area contributed by atoms with Crippen molar-refractivity contribution in [3.63, 3.8) is 0 Å². The number of carbonyl (C=O) groups excluding carboxylic acids is 1. The van der Waals surface area contributed by atoms with E-state index in [4.69, 9.17) is 14.2 Å². The number of hydrogen-bond acceptors (Lipinski definition) is 8. The highest BCUT2D eigenvalue weighted by molar-refractivity contribution is 7.20. The van der Waals surface area contributed by atoms with Gasteiger partial charge in [0.05, 0.1) is 18.0 Å². The van der Waals surface area contributed by atoms with Crippen LogP contribution < -0.4 is 4.90 Å². The van der Waals surface area contributed by atoms with E-state index in [1.54, 1.807) is 0 Å². The van der Waals surface area contributed by atoms with Gasteiger partial charge in [0.2, 0.25) is 0 Å². The number of fused-ring (bicyclic) bond motifs is 1. The number of aromatic nitrogens is 3. The summed E-state index contributed by atoms with van der Waals surface area (Å²) in [5.74, 6) is 2.06. The average Bonchev–Trinajstić information content (AvgIpc) is 3.33. The second-order valence-corrected chi connectivity index (χ2v) is 7.76. The molecule has 0 bridgehead atoms. The highest BCUT2D eigenvalue weighted by atomic mass is 32.1. The number of ether oxygens (including phenoxy) is 1. The maximum atomic E-state index is 12.3. The van der Waals surface area contributed by atoms with Crippen LogP contribution in [0.4, 0.5) is 5.82 Å². The number of anilines is 1. The Hall–Kier alpha value is -2.48. The minimum absolute atomic E-state index is 0.116. The minimum atomic E-state index is -0.299. The van der Waals surface area contributed by atoms with Gasteiger partial charge in [0.1, 0.15) is 32.8 Å². The molecule has 1 saturated heterocycles. The molecule has 1 fully saturated rings. The fourth-order valence-electron chi connectivity index (χ4n) is 3.69. The predicted molar refractivity (Wildman–Crippen MR) is 103 cm³/mol. The van der Waals surface area contributed by atoms with Crippen LogP contribution in [0.15, 0.2) is 10.6 Å². The molecule has 4 rings (SSSR count). The van der Waals surface area contributed by atoms with Gasteiger partial charge >= 0.3 is 5.97 Å². The number of thiophene rings is 1. The molecule has 0 radical (unpaired) electrons. The van der Waals surface area contributed by atoms with E-state index in [9.17, 15) is 4.79 Å². The Morgan fingerprint density at radius 3 is 2.89 bits per heavy atom. The number of aryl methyl sites for hydroxylation is 3. The van der Waals surface area contributed by atoms with E-state index >= 15 is 0 Å². The summed E-state index contributed by atoms with van der Waals surface area (Å²) in [7, 11) is 0. The van der Waals surface area contributed by atoms with Crippen molar-refractivity contribution in [1.82, 2.24) is 15.1 Å². The monoisotopic (exact) mass is 386 g/mol. The van der Waals surface area contributed by atoms with Crippen molar-refractivity contribution in [2.24, 2.45) is 0 Å². The molecule has 0 aromatic carbocycles. The van der Waals surface area contributed by atoms with Crippen molar-refractivity contribution in [1.29, 1.82) is 0 Å². The van der Waals surface area contributed by atoms with Crippen LogP contribution >= 0.6 is 11.3 Å². The van der Waals surface area contributed by atoms with Gasteiger partial charge in [-0.15, -0.1) is 11.3 Å². The van der Waals surface area contributed by atoms with Crippen molar-refractivity contribution in [2.75, 3.05) is 18.1 Å². The van der Waals surface area contributed by atoms with E-state index < -0.39 is 0 Å². The van der Waals surface area contributed by atoms with Gasteiger partial charge in [0.15, 0.2) is 0 Å². The Kier molecular flexibility index (Phi) is 4.59. The average molecular weight is 386 g/mol. The maximum absolute atomic E-state index is 12.3. The summed E-state index contributed by atoms with van der Waals surface area (Å²) >= 11 is 1.37. The Bertz CT molecular complexity index is 1010. The first-order chi connectivity index (χ1) is 13.0. The number of esters is 1. The lowest BCUT2D eigenvalue weighted by Crippen LogP contribution is -2.24. The molecule has 1 atom stereocenters. The summed E-state index contributed by atoms with van der Waals surface area (Å²) in [4.78, 5) is 25.4. The fraction of sp³-hybridized carbons (Fsp3) is 0.474. The topological polar surface area (TPSA) is 81.4 Å². The zero-order valence-electron chi connectivity index (χ0n) is 15.9. The molecule has 7 nitrogen and oxygen atoms in total. The lowest BCUT2D eigenvalue weighted by atomic mass is 10.1. The van der Waals surface area contributed by atoms with Gasteiger partial charge in [-0.2, -0.15) is 0 Å². The number of rotatable bonds is 4. The molecular weight excluding hydrogens is 364 g/mol. The van der Waals surface area contributed by atoms with Crippen LogP contribution in [0.25, 0.3) is 10.2 Å². The Morgan fingerprint density at radius 2 is 2.19 bits per heavy atom. The van der Waals surface area contributed by atoms with Crippen molar-refractivity contribution in [3.05, 3.63) is 33.8 Å². The standard InChI is InChI=1S/C19H22N4O3S/c1-5-25-19(24)16-11(3)15-17(20-12(4)21-18(15)27-16)23-8-6-7-14(23)13-9-10(2)26-22-13/h9,14H,5-8H2,1-4H3/t14-/m0/s1. The summed E-state index contributed by atoms with van der Waals surface area (Å²) in [5.41, 5.74) is 1.80. The summed E-state index contributed by atoms with van der Waals surface area (Å²) in [6.07, 6.45) is 2.04. The highest BCUT2D eigenvalue weighted by Crippen LogP contribution is 2.41. The van der Waals surface area contributed by atoms with Crippen molar-refractivity contribution < 1.29 is 14.1 Å². The van der Waals surface area contributed by atoms with E-state index in [0.717, 1.165) is 52.4 Å². The Balaban J connectivity index is 1.84. The summed E-state index contributed by atoms with van der Waals surface area (Å²) in [6.45, 7) is 8.77. The maximum Gasteiger partial charge on any atom is 0.348 e. The summed E-state index contributed by atoms with van der Waals surface area (Å²) in [5, 5.41) is 5.16. The van der Waals surface area contributed by atoms with Crippen LogP contribution in [0.3, 0.4) is 0 Å². The van der Waals surface area contributed by atoms with Gasteiger partial charge in [-0.1, -0.05) is 5.16 Å². The minimum Gasteiger partial charge on any atom is -0.462 e. The lowest BCUT2D eigenvalue weighted by molar-refractivity contribution is 0.0531. The SMILES string of the molecule is CCOC(=O)c1sc2nc(C)nc(N3CCC[C@H]3c3cc(C)on3)c2c1C. The van der Waals surface area contributed by atoms with Crippen LogP contribution in [0, 0.1) is 20.8 Å². The van der Waals surface area contributed by atoms with Crippen molar-refractivity contribution >= 4 is 33.3 Å². The second kappa shape index (κ2) is 6.92. The molecule has 3 aromatic rings. The molecule has 1 aliphatic rings. The molecule has 0 aliphatic carbocycles. The quantitative estimate of drug-likeness (QED) is 0.624. The molecule has 4 heterocycles. The molecule has 0 N–H and O–H groups in total. The van der Waals surface area contributed by atoms with Gasteiger partial charge in [-0.05, 0) is 46.1 Å².